The van der Waals surface area contributed by atoms with E-state index in [0.717, 1.165) is 24.3 Å². The monoisotopic (exact) mass is 446 g/mol. The van der Waals surface area contributed by atoms with Gasteiger partial charge in [-0.3, -0.25) is 4.79 Å². The second kappa shape index (κ2) is 10.6. The summed E-state index contributed by atoms with van der Waals surface area (Å²) >= 11 is 0. The second-order valence-electron chi connectivity index (χ2n) is 7.81. The van der Waals surface area contributed by atoms with Crippen LogP contribution in [0.3, 0.4) is 0 Å². The summed E-state index contributed by atoms with van der Waals surface area (Å²) in [7, 11) is -1.89. The minimum Gasteiger partial charge on any atom is -0.497 e. The van der Waals surface area contributed by atoms with Gasteiger partial charge in [-0.05, 0) is 73.7 Å². The van der Waals surface area contributed by atoms with Crippen molar-refractivity contribution in [3.63, 3.8) is 0 Å². The van der Waals surface area contributed by atoms with Crippen molar-refractivity contribution < 1.29 is 22.7 Å². The van der Waals surface area contributed by atoms with Crippen LogP contribution in [0, 0.1) is 5.92 Å². The van der Waals surface area contributed by atoms with Gasteiger partial charge in [0, 0.05) is 25.2 Å². The Balaban J connectivity index is 1.45. The zero-order chi connectivity index (χ0) is 22.3. The Bertz CT molecular complexity index is 958. The molecule has 168 valence electrons. The van der Waals surface area contributed by atoms with Gasteiger partial charge in [-0.2, -0.15) is 4.31 Å². The van der Waals surface area contributed by atoms with Gasteiger partial charge in [-0.25, -0.2) is 8.42 Å². The van der Waals surface area contributed by atoms with Crippen LogP contribution in [0.25, 0.3) is 0 Å². The molecule has 0 bridgehead atoms. The van der Waals surface area contributed by atoms with Gasteiger partial charge < -0.3 is 14.8 Å². The average Bonchev–Trinajstić information content (AvgIpc) is 2.77. The Hall–Kier alpha value is -2.58. The first-order chi connectivity index (χ1) is 14.9. The number of methoxy groups -OCH3 is 1. The van der Waals surface area contributed by atoms with E-state index in [-0.39, 0.29) is 10.8 Å². The van der Waals surface area contributed by atoms with Crippen LogP contribution in [0.4, 0.5) is 5.69 Å². The third kappa shape index (κ3) is 6.45. The van der Waals surface area contributed by atoms with Crippen LogP contribution in [-0.2, 0) is 14.8 Å². The molecule has 1 unspecified atom stereocenters. The van der Waals surface area contributed by atoms with Crippen LogP contribution < -0.4 is 14.8 Å². The molecule has 1 N–H and O–H groups in total. The molecule has 0 spiro atoms. The Labute approximate surface area is 184 Å². The first-order valence-corrected chi connectivity index (χ1v) is 12.0. The number of hydrogen-bond donors (Lipinski definition) is 1. The average molecular weight is 447 g/mol. The largest absolute Gasteiger partial charge is 0.497 e. The number of benzene rings is 2. The van der Waals surface area contributed by atoms with Crippen molar-refractivity contribution in [1.29, 1.82) is 0 Å². The lowest BCUT2D eigenvalue weighted by molar-refractivity contribution is -0.116. The number of amides is 1. The lowest BCUT2D eigenvalue weighted by Crippen LogP contribution is -2.39. The van der Waals surface area contributed by atoms with Crippen LogP contribution in [-0.4, -0.2) is 45.4 Å². The summed E-state index contributed by atoms with van der Waals surface area (Å²) in [5.74, 6) is 1.71. The summed E-state index contributed by atoms with van der Waals surface area (Å²) in [4.78, 5) is 12.4. The lowest BCUT2D eigenvalue weighted by Gasteiger charge is -2.30. The molecule has 1 saturated heterocycles. The molecule has 0 radical (unpaired) electrons. The molecule has 2 aromatic carbocycles. The molecule has 2 aromatic rings. The topological polar surface area (TPSA) is 84.9 Å². The van der Waals surface area contributed by atoms with Gasteiger partial charge in [0.25, 0.3) is 0 Å². The highest BCUT2D eigenvalue weighted by Gasteiger charge is 2.28. The van der Waals surface area contributed by atoms with Crippen LogP contribution in [0.1, 0.15) is 32.6 Å². The van der Waals surface area contributed by atoms with Gasteiger partial charge in [0.1, 0.15) is 11.5 Å². The van der Waals surface area contributed by atoms with Gasteiger partial charge in [0.15, 0.2) is 0 Å². The molecular weight excluding hydrogens is 416 g/mol. The van der Waals surface area contributed by atoms with Gasteiger partial charge in [0.2, 0.25) is 15.9 Å². The summed E-state index contributed by atoms with van der Waals surface area (Å²) in [5.41, 5.74) is 0.576. The predicted molar refractivity (Wildman–Crippen MR) is 120 cm³/mol. The Kier molecular flexibility index (Phi) is 7.92. The molecule has 1 heterocycles. The van der Waals surface area contributed by atoms with E-state index in [1.54, 1.807) is 35.7 Å². The van der Waals surface area contributed by atoms with Crippen molar-refractivity contribution in [2.75, 3.05) is 32.1 Å². The second-order valence-corrected chi connectivity index (χ2v) is 9.75. The summed E-state index contributed by atoms with van der Waals surface area (Å²) in [6, 6.07) is 13.6. The summed E-state index contributed by atoms with van der Waals surface area (Å²) in [6.45, 7) is 3.61. The third-order valence-corrected chi connectivity index (χ3v) is 7.15. The van der Waals surface area contributed by atoms with Crippen molar-refractivity contribution in [2.45, 2.75) is 37.5 Å². The number of sulfonamides is 1. The number of carbonyl (C=O) groups is 1. The zero-order valence-corrected chi connectivity index (χ0v) is 18.9. The molecule has 0 aliphatic carbocycles. The Morgan fingerprint density at radius 2 is 1.77 bits per heavy atom. The van der Waals surface area contributed by atoms with Crippen molar-refractivity contribution in [2.24, 2.45) is 5.92 Å². The Morgan fingerprint density at radius 1 is 1.10 bits per heavy atom. The fraction of sp³-hybridized carbons (Fsp3) is 0.435. The molecule has 1 atom stereocenters. The van der Waals surface area contributed by atoms with Crippen molar-refractivity contribution in [3.05, 3.63) is 48.5 Å². The number of nitrogens with zero attached hydrogens (tertiary/aromatic N) is 1. The molecule has 1 amide bonds. The van der Waals surface area contributed by atoms with E-state index < -0.39 is 10.0 Å². The number of rotatable bonds is 9. The number of nitrogens with one attached hydrogen (secondary N) is 1. The molecule has 7 nitrogen and oxygen atoms in total. The molecule has 1 fully saturated rings. The summed E-state index contributed by atoms with van der Waals surface area (Å²) < 4.78 is 37.9. The number of anilines is 1. The van der Waals surface area contributed by atoms with E-state index in [1.807, 2.05) is 24.3 Å². The Morgan fingerprint density at radius 3 is 2.42 bits per heavy atom. The van der Waals surface area contributed by atoms with Crippen LogP contribution >= 0.6 is 0 Å². The maximum absolute atomic E-state index is 12.8. The van der Waals surface area contributed by atoms with Crippen molar-refractivity contribution >= 4 is 21.6 Å². The fourth-order valence-corrected chi connectivity index (χ4v) is 5.14. The predicted octanol–water partition coefficient (Wildman–Crippen LogP) is 3.91. The smallest absolute Gasteiger partial charge is 0.243 e. The third-order valence-electron chi connectivity index (χ3n) is 5.27. The maximum Gasteiger partial charge on any atom is 0.243 e. The summed E-state index contributed by atoms with van der Waals surface area (Å²) in [5, 5.41) is 2.80. The first-order valence-electron chi connectivity index (χ1n) is 10.6. The van der Waals surface area contributed by atoms with E-state index in [9.17, 15) is 13.2 Å². The minimum atomic E-state index is -3.49. The number of carbonyl (C=O) groups excluding carboxylic acids is 1. The molecule has 1 aliphatic heterocycles. The van der Waals surface area contributed by atoms with Crippen LogP contribution in [0.15, 0.2) is 53.4 Å². The van der Waals surface area contributed by atoms with Crippen molar-refractivity contribution in [3.8, 4) is 11.5 Å². The molecular formula is C23H30N2O5S. The molecule has 0 saturated carbocycles. The molecule has 1 aliphatic rings. The van der Waals surface area contributed by atoms with E-state index in [2.05, 4.69) is 12.2 Å². The molecule has 31 heavy (non-hydrogen) atoms. The highest BCUT2D eigenvalue weighted by Crippen LogP contribution is 2.24. The van der Waals surface area contributed by atoms with Crippen LogP contribution in [0.2, 0.25) is 0 Å². The van der Waals surface area contributed by atoms with Gasteiger partial charge in [-0.1, -0.05) is 6.92 Å². The van der Waals surface area contributed by atoms with Crippen molar-refractivity contribution in [1.82, 2.24) is 4.31 Å². The SMILES string of the molecule is COc1ccc(OCCCC(=O)Nc2ccc(S(=O)(=O)N3CCCC(C)C3)cc2)cc1. The molecule has 3 rings (SSSR count). The number of piperidine rings is 1. The summed E-state index contributed by atoms with van der Waals surface area (Å²) in [6.07, 6.45) is 2.82. The standard InChI is InChI=1S/C23H30N2O5S/c1-18-5-3-15-25(17-18)31(27,28)22-13-7-19(8-14-22)24-23(26)6-4-16-30-21-11-9-20(29-2)10-12-21/h7-14,18H,3-6,15-17H2,1-2H3,(H,24,26). The quantitative estimate of drug-likeness (QED) is 0.590. The minimum absolute atomic E-state index is 0.140. The fourth-order valence-electron chi connectivity index (χ4n) is 3.54. The number of hydrogen-bond acceptors (Lipinski definition) is 5. The maximum atomic E-state index is 12.8. The van der Waals surface area contributed by atoms with Crippen LogP contribution in [0.5, 0.6) is 11.5 Å². The molecule has 8 heteroatoms. The normalized spacial score (nSPS) is 17.2. The lowest BCUT2D eigenvalue weighted by atomic mass is 10.0. The van der Waals surface area contributed by atoms with Gasteiger partial charge in [0.05, 0.1) is 18.6 Å². The van der Waals surface area contributed by atoms with E-state index >= 15 is 0 Å². The number of ether oxygens (including phenoxy) is 2. The van der Waals surface area contributed by atoms with Gasteiger partial charge >= 0.3 is 0 Å². The van der Waals surface area contributed by atoms with Gasteiger partial charge in [-0.15, -0.1) is 0 Å². The van der Waals surface area contributed by atoms with E-state index in [0.29, 0.717) is 44.1 Å². The highest BCUT2D eigenvalue weighted by atomic mass is 32.2. The zero-order valence-electron chi connectivity index (χ0n) is 18.0. The first kappa shape index (κ1) is 23.1. The van der Waals surface area contributed by atoms with E-state index in [4.69, 9.17) is 9.47 Å². The molecule has 0 aromatic heterocycles. The highest BCUT2D eigenvalue weighted by molar-refractivity contribution is 7.89. The van der Waals surface area contributed by atoms with E-state index in [1.165, 1.54) is 0 Å².